The van der Waals surface area contributed by atoms with Crippen LogP contribution in [0.2, 0.25) is 0 Å². The molecule has 1 aromatic carbocycles. The molecule has 0 bridgehead atoms. The predicted octanol–water partition coefficient (Wildman–Crippen LogP) is 3.83. The first-order chi connectivity index (χ1) is 13.8. The Morgan fingerprint density at radius 3 is 2.55 bits per heavy atom. The van der Waals surface area contributed by atoms with Gasteiger partial charge in [-0.2, -0.15) is 0 Å². The van der Waals surface area contributed by atoms with Gasteiger partial charge in [0.2, 0.25) is 0 Å². The van der Waals surface area contributed by atoms with Crippen LogP contribution in [-0.2, 0) is 16.0 Å². The average molecular weight is 517 g/mol. The fourth-order valence-corrected chi connectivity index (χ4v) is 3.74. The number of rotatable bonds is 7. The molecule has 29 heavy (non-hydrogen) atoms. The fourth-order valence-electron chi connectivity index (χ4n) is 3.74. The molecule has 1 atom stereocenters. The third kappa shape index (κ3) is 7.94. The molecule has 0 spiro atoms. The molecule has 164 valence electrons. The highest BCUT2D eigenvalue weighted by atomic mass is 127. The molecule has 0 aliphatic carbocycles. The summed E-state index contributed by atoms with van der Waals surface area (Å²) in [4.78, 5) is 7.19. The van der Waals surface area contributed by atoms with Gasteiger partial charge in [0, 0.05) is 26.2 Å². The summed E-state index contributed by atoms with van der Waals surface area (Å²) in [6.45, 7) is 7.25. The number of benzene rings is 1. The lowest BCUT2D eigenvalue weighted by Gasteiger charge is -2.35. The normalized spacial score (nSPS) is 20.8. The van der Waals surface area contributed by atoms with Crippen LogP contribution in [-0.4, -0.2) is 63.0 Å². The van der Waals surface area contributed by atoms with Gasteiger partial charge in [-0.1, -0.05) is 12.1 Å². The van der Waals surface area contributed by atoms with Crippen LogP contribution in [0.15, 0.2) is 29.3 Å². The monoisotopic (exact) mass is 517 g/mol. The Hall–Kier alpha value is -1.06. The molecule has 3 rings (SSSR count). The molecule has 2 aliphatic rings. The molecule has 0 aromatic heterocycles. The van der Waals surface area contributed by atoms with Crippen molar-refractivity contribution in [1.29, 1.82) is 0 Å². The van der Waals surface area contributed by atoms with E-state index in [2.05, 4.69) is 29.3 Å². The Labute approximate surface area is 192 Å². The van der Waals surface area contributed by atoms with E-state index in [0.29, 0.717) is 18.8 Å². The van der Waals surface area contributed by atoms with Crippen molar-refractivity contribution in [2.45, 2.75) is 57.8 Å². The Morgan fingerprint density at radius 1 is 1.17 bits per heavy atom. The van der Waals surface area contributed by atoms with Crippen LogP contribution in [0.5, 0.6) is 5.75 Å². The van der Waals surface area contributed by atoms with E-state index in [1.54, 1.807) is 7.11 Å². The number of hydrogen-bond acceptors (Lipinski definition) is 4. The summed E-state index contributed by atoms with van der Waals surface area (Å²) in [5.41, 5.74) is 1.18. The molecule has 6 nitrogen and oxygen atoms in total. The number of hydrogen-bond donors (Lipinski definition) is 1. The van der Waals surface area contributed by atoms with Crippen LogP contribution >= 0.6 is 24.0 Å². The molecule has 1 unspecified atom stereocenters. The zero-order valence-corrected chi connectivity index (χ0v) is 20.1. The molecule has 1 N–H and O–H groups in total. The first kappa shape index (κ1) is 24.2. The van der Waals surface area contributed by atoms with E-state index >= 15 is 0 Å². The number of halogens is 1. The van der Waals surface area contributed by atoms with E-state index < -0.39 is 0 Å². The van der Waals surface area contributed by atoms with Crippen LogP contribution in [0.4, 0.5) is 0 Å². The van der Waals surface area contributed by atoms with Gasteiger partial charge in [0.15, 0.2) is 5.96 Å². The summed E-state index contributed by atoms with van der Waals surface area (Å²) < 4.78 is 17.1. The van der Waals surface area contributed by atoms with E-state index in [9.17, 15) is 0 Å². The molecule has 2 fully saturated rings. The maximum absolute atomic E-state index is 6.14. The maximum atomic E-state index is 6.14. The van der Waals surface area contributed by atoms with E-state index in [0.717, 1.165) is 63.8 Å². The van der Waals surface area contributed by atoms with Crippen molar-refractivity contribution >= 4 is 29.9 Å². The van der Waals surface area contributed by atoms with Gasteiger partial charge in [0.25, 0.3) is 0 Å². The Kier molecular flexibility index (Phi) is 11.1. The molecular weight excluding hydrogens is 481 g/mol. The van der Waals surface area contributed by atoms with Gasteiger partial charge in [-0.05, 0) is 56.7 Å². The molecule has 1 aromatic rings. The zero-order valence-electron chi connectivity index (χ0n) is 17.8. The number of piperidine rings is 1. The summed E-state index contributed by atoms with van der Waals surface area (Å²) in [5, 5.41) is 3.43. The minimum Gasteiger partial charge on any atom is -0.497 e. The van der Waals surface area contributed by atoms with Crippen LogP contribution in [0.1, 0.15) is 44.6 Å². The van der Waals surface area contributed by atoms with Gasteiger partial charge in [-0.3, -0.25) is 0 Å². The molecule has 2 heterocycles. The van der Waals surface area contributed by atoms with E-state index in [1.165, 1.54) is 18.4 Å². The lowest BCUT2D eigenvalue weighted by Crippen LogP contribution is -2.47. The highest BCUT2D eigenvalue weighted by molar-refractivity contribution is 14.0. The van der Waals surface area contributed by atoms with Crippen molar-refractivity contribution in [3.63, 3.8) is 0 Å². The van der Waals surface area contributed by atoms with Gasteiger partial charge in [0.1, 0.15) is 5.75 Å². The lowest BCUT2D eigenvalue weighted by molar-refractivity contribution is -0.0721. The van der Waals surface area contributed by atoms with Gasteiger partial charge in [0.05, 0.1) is 32.5 Å². The number of guanidine groups is 1. The standard InChI is InChI=1S/C22H35N3O3.HI/c1-3-23-22(24-16-18-7-9-19(26-2)10-8-18)25-13-11-20(12-14-25)28-17-21-6-4-5-15-27-21;/h7-10,20-21H,3-6,11-17H2,1-2H3,(H,23,24);1H. The lowest BCUT2D eigenvalue weighted by atomic mass is 10.1. The van der Waals surface area contributed by atoms with E-state index in [1.807, 2.05) is 12.1 Å². The van der Waals surface area contributed by atoms with Gasteiger partial charge in [-0.15, -0.1) is 24.0 Å². The first-order valence-corrected chi connectivity index (χ1v) is 10.7. The second-order valence-electron chi connectivity index (χ2n) is 7.53. The Bertz CT molecular complexity index is 598. The quantitative estimate of drug-likeness (QED) is 0.339. The largest absolute Gasteiger partial charge is 0.497 e. The van der Waals surface area contributed by atoms with Gasteiger partial charge < -0.3 is 24.4 Å². The second-order valence-corrected chi connectivity index (χ2v) is 7.53. The number of ether oxygens (including phenoxy) is 3. The van der Waals surface area contributed by atoms with E-state index in [4.69, 9.17) is 19.2 Å². The predicted molar refractivity (Wildman–Crippen MR) is 127 cm³/mol. The third-order valence-corrected chi connectivity index (χ3v) is 5.44. The number of methoxy groups -OCH3 is 1. The van der Waals surface area contributed by atoms with Crippen LogP contribution in [0, 0.1) is 0 Å². The molecular formula is C22H36IN3O3. The van der Waals surface area contributed by atoms with Crippen molar-refractivity contribution < 1.29 is 14.2 Å². The van der Waals surface area contributed by atoms with Gasteiger partial charge >= 0.3 is 0 Å². The number of likely N-dealkylation sites (tertiary alicyclic amines) is 1. The van der Waals surface area contributed by atoms with Crippen LogP contribution in [0.25, 0.3) is 0 Å². The zero-order chi connectivity index (χ0) is 19.6. The van der Waals surface area contributed by atoms with E-state index in [-0.39, 0.29) is 24.0 Å². The first-order valence-electron chi connectivity index (χ1n) is 10.7. The number of nitrogens with one attached hydrogen (secondary N) is 1. The Balaban J connectivity index is 0.00000300. The summed E-state index contributed by atoms with van der Waals surface area (Å²) in [6, 6.07) is 8.10. The highest BCUT2D eigenvalue weighted by Gasteiger charge is 2.23. The highest BCUT2D eigenvalue weighted by Crippen LogP contribution is 2.18. The summed E-state index contributed by atoms with van der Waals surface area (Å²) >= 11 is 0. The smallest absolute Gasteiger partial charge is 0.194 e. The summed E-state index contributed by atoms with van der Waals surface area (Å²) in [6.07, 6.45) is 6.32. The second kappa shape index (κ2) is 13.3. The number of nitrogens with zero attached hydrogens (tertiary/aromatic N) is 2. The van der Waals surface area contributed by atoms with Crippen molar-refractivity contribution in [3.05, 3.63) is 29.8 Å². The average Bonchev–Trinajstić information content (AvgIpc) is 2.77. The third-order valence-electron chi connectivity index (χ3n) is 5.44. The Morgan fingerprint density at radius 2 is 1.93 bits per heavy atom. The molecule has 0 saturated carbocycles. The van der Waals surface area contributed by atoms with Crippen LogP contribution in [0.3, 0.4) is 0 Å². The maximum Gasteiger partial charge on any atom is 0.194 e. The number of aliphatic imine (C=N–C) groups is 1. The van der Waals surface area contributed by atoms with Crippen molar-refractivity contribution in [1.82, 2.24) is 10.2 Å². The SMILES string of the molecule is CCNC(=NCc1ccc(OC)cc1)N1CCC(OCC2CCCCO2)CC1.I. The summed E-state index contributed by atoms with van der Waals surface area (Å²) in [7, 11) is 1.69. The minimum absolute atomic E-state index is 0. The topological polar surface area (TPSA) is 55.3 Å². The summed E-state index contributed by atoms with van der Waals surface area (Å²) in [5.74, 6) is 1.87. The molecule has 0 radical (unpaired) electrons. The molecule has 0 amide bonds. The van der Waals surface area contributed by atoms with Crippen molar-refractivity contribution in [2.24, 2.45) is 4.99 Å². The molecule has 7 heteroatoms. The van der Waals surface area contributed by atoms with Crippen LogP contribution < -0.4 is 10.1 Å². The van der Waals surface area contributed by atoms with Gasteiger partial charge in [-0.25, -0.2) is 4.99 Å². The van der Waals surface area contributed by atoms with Crippen molar-refractivity contribution in [2.75, 3.05) is 40.0 Å². The fraction of sp³-hybridized carbons (Fsp3) is 0.682. The molecule has 2 aliphatic heterocycles. The molecule has 2 saturated heterocycles. The van der Waals surface area contributed by atoms with Crippen molar-refractivity contribution in [3.8, 4) is 5.75 Å². The minimum atomic E-state index is 0.